The first-order valence-electron chi connectivity index (χ1n) is 6.89. The number of aryl methyl sites for hydroxylation is 1. The number of pyridine rings is 1. The Morgan fingerprint density at radius 3 is 2.82 bits per heavy atom. The maximum Gasteiger partial charge on any atom is 0.323 e. The minimum absolute atomic E-state index is 0. The number of anilines is 1. The highest BCUT2D eigenvalue weighted by molar-refractivity contribution is 5.85. The van der Waals surface area contributed by atoms with Gasteiger partial charge in [-0.15, -0.1) is 12.4 Å². The van der Waals surface area contributed by atoms with E-state index in [-0.39, 0.29) is 19.0 Å². The van der Waals surface area contributed by atoms with Gasteiger partial charge in [0.1, 0.15) is 18.1 Å². The van der Waals surface area contributed by atoms with Gasteiger partial charge in [-0.3, -0.25) is 9.78 Å². The van der Waals surface area contributed by atoms with E-state index in [1.807, 2.05) is 18.2 Å². The number of carboxylic acid groups (broad SMARTS) is 1. The van der Waals surface area contributed by atoms with E-state index in [2.05, 4.69) is 15.0 Å². The summed E-state index contributed by atoms with van der Waals surface area (Å²) in [6.45, 7) is -0.0783. The van der Waals surface area contributed by atoms with Gasteiger partial charge in [0.25, 0.3) is 0 Å². The number of hydrogen-bond acceptors (Lipinski definition) is 5. The SMILES string of the molecule is CN(CC(=O)O)c1nc(-c2ccccn2)nc2c1CCC2.Cl. The lowest BCUT2D eigenvalue weighted by Crippen LogP contribution is -2.27. The predicted octanol–water partition coefficient (Wildman–Crippen LogP) is 1.97. The van der Waals surface area contributed by atoms with Crippen LogP contribution >= 0.6 is 12.4 Å². The number of hydrogen-bond donors (Lipinski definition) is 1. The second-order valence-electron chi connectivity index (χ2n) is 5.11. The lowest BCUT2D eigenvalue weighted by Gasteiger charge is -2.19. The van der Waals surface area contributed by atoms with Crippen LogP contribution in [0.5, 0.6) is 0 Å². The van der Waals surface area contributed by atoms with E-state index in [4.69, 9.17) is 5.11 Å². The third-order valence-electron chi connectivity index (χ3n) is 3.54. The molecule has 2 aromatic rings. The smallest absolute Gasteiger partial charge is 0.323 e. The summed E-state index contributed by atoms with van der Waals surface area (Å²) in [5.41, 5.74) is 2.79. The lowest BCUT2D eigenvalue weighted by atomic mass is 10.2. The van der Waals surface area contributed by atoms with E-state index < -0.39 is 5.97 Å². The molecule has 0 amide bonds. The Balaban J connectivity index is 0.00000176. The van der Waals surface area contributed by atoms with Crippen molar-refractivity contribution >= 4 is 24.2 Å². The third kappa shape index (κ3) is 3.17. The van der Waals surface area contributed by atoms with Crippen molar-refractivity contribution in [2.24, 2.45) is 0 Å². The molecule has 1 aliphatic carbocycles. The largest absolute Gasteiger partial charge is 0.480 e. The molecule has 0 bridgehead atoms. The van der Waals surface area contributed by atoms with Crippen molar-refractivity contribution in [3.05, 3.63) is 35.7 Å². The molecular weight excluding hydrogens is 304 g/mol. The minimum atomic E-state index is -0.873. The van der Waals surface area contributed by atoms with Crippen LogP contribution in [-0.4, -0.2) is 39.6 Å². The molecule has 22 heavy (non-hydrogen) atoms. The predicted molar refractivity (Wildman–Crippen MR) is 85.4 cm³/mol. The Bertz CT molecular complexity index is 679. The van der Waals surface area contributed by atoms with Gasteiger partial charge in [-0.1, -0.05) is 6.07 Å². The van der Waals surface area contributed by atoms with Crippen LogP contribution < -0.4 is 4.90 Å². The fourth-order valence-corrected chi connectivity index (χ4v) is 2.62. The van der Waals surface area contributed by atoms with Crippen LogP contribution in [0.2, 0.25) is 0 Å². The molecule has 0 saturated carbocycles. The molecular formula is C15H17ClN4O2. The van der Waals surface area contributed by atoms with Crippen LogP contribution in [0.25, 0.3) is 11.5 Å². The molecule has 0 unspecified atom stereocenters. The van der Waals surface area contributed by atoms with E-state index in [0.29, 0.717) is 17.3 Å². The summed E-state index contributed by atoms with van der Waals surface area (Å²) in [5, 5.41) is 8.98. The van der Waals surface area contributed by atoms with Crippen LogP contribution in [0.3, 0.4) is 0 Å². The van der Waals surface area contributed by atoms with Crippen molar-refractivity contribution in [3.8, 4) is 11.5 Å². The molecule has 6 nitrogen and oxygen atoms in total. The van der Waals surface area contributed by atoms with Gasteiger partial charge in [0.2, 0.25) is 0 Å². The molecule has 1 aliphatic rings. The molecule has 0 radical (unpaired) electrons. The Labute approximate surface area is 134 Å². The maximum absolute atomic E-state index is 10.9. The molecule has 0 fully saturated rings. The van der Waals surface area contributed by atoms with Gasteiger partial charge in [-0.05, 0) is 31.4 Å². The Hall–Kier alpha value is -2.21. The van der Waals surface area contributed by atoms with E-state index >= 15 is 0 Å². The molecule has 0 aliphatic heterocycles. The zero-order valence-electron chi connectivity index (χ0n) is 12.2. The first-order valence-corrected chi connectivity index (χ1v) is 6.89. The maximum atomic E-state index is 10.9. The monoisotopic (exact) mass is 320 g/mol. The number of carbonyl (C=O) groups is 1. The average molecular weight is 321 g/mol. The first-order chi connectivity index (χ1) is 10.1. The summed E-state index contributed by atoms with van der Waals surface area (Å²) >= 11 is 0. The summed E-state index contributed by atoms with van der Waals surface area (Å²) in [6, 6.07) is 5.59. The standard InChI is InChI=1S/C15H16N4O2.ClH/c1-19(9-13(20)21)15-10-5-4-7-11(10)17-14(18-15)12-6-2-3-8-16-12;/h2-3,6,8H,4-5,7,9H2,1H3,(H,20,21);1H. The van der Waals surface area contributed by atoms with Gasteiger partial charge >= 0.3 is 5.97 Å². The van der Waals surface area contributed by atoms with Crippen molar-refractivity contribution in [3.63, 3.8) is 0 Å². The second-order valence-corrected chi connectivity index (χ2v) is 5.11. The Kier molecular flexibility index (Phi) is 4.92. The van der Waals surface area contributed by atoms with Gasteiger partial charge < -0.3 is 10.0 Å². The first kappa shape index (κ1) is 16.2. The molecule has 116 valence electrons. The van der Waals surface area contributed by atoms with Gasteiger partial charge in [0.05, 0.1) is 0 Å². The molecule has 1 N–H and O–H groups in total. The van der Waals surface area contributed by atoms with Crippen molar-refractivity contribution in [1.82, 2.24) is 15.0 Å². The highest BCUT2D eigenvalue weighted by Gasteiger charge is 2.23. The summed E-state index contributed by atoms with van der Waals surface area (Å²) in [7, 11) is 1.75. The number of rotatable bonds is 4. The van der Waals surface area contributed by atoms with Crippen LogP contribution in [0.1, 0.15) is 17.7 Å². The van der Waals surface area contributed by atoms with Crippen LogP contribution in [0.15, 0.2) is 24.4 Å². The zero-order valence-corrected chi connectivity index (χ0v) is 13.0. The third-order valence-corrected chi connectivity index (χ3v) is 3.54. The highest BCUT2D eigenvalue weighted by atomic mass is 35.5. The summed E-state index contributed by atoms with van der Waals surface area (Å²) in [6.07, 6.45) is 4.54. The Morgan fingerprint density at radius 1 is 1.32 bits per heavy atom. The van der Waals surface area contributed by atoms with E-state index in [9.17, 15) is 4.79 Å². The Morgan fingerprint density at radius 2 is 2.14 bits per heavy atom. The lowest BCUT2D eigenvalue weighted by molar-refractivity contribution is -0.135. The van der Waals surface area contributed by atoms with Crippen molar-refractivity contribution in [2.45, 2.75) is 19.3 Å². The van der Waals surface area contributed by atoms with Crippen LogP contribution in [-0.2, 0) is 17.6 Å². The second kappa shape index (κ2) is 6.70. The van der Waals surface area contributed by atoms with E-state index in [1.165, 1.54) is 0 Å². The van der Waals surface area contributed by atoms with Crippen LogP contribution in [0.4, 0.5) is 5.82 Å². The molecule has 2 heterocycles. The van der Waals surface area contributed by atoms with Crippen molar-refractivity contribution in [1.29, 1.82) is 0 Å². The minimum Gasteiger partial charge on any atom is -0.480 e. The molecule has 0 atom stereocenters. The summed E-state index contributed by atoms with van der Waals surface area (Å²) in [4.78, 5) is 26.0. The van der Waals surface area contributed by atoms with Crippen molar-refractivity contribution in [2.75, 3.05) is 18.5 Å². The fraction of sp³-hybridized carbons (Fsp3) is 0.333. The zero-order chi connectivity index (χ0) is 14.8. The number of fused-ring (bicyclic) bond motifs is 1. The highest BCUT2D eigenvalue weighted by Crippen LogP contribution is 2.30. The van der Waals surface area contributed by atoms with Crippen molar-refractivity contribution < 1.29 is 9.90 Å². The van der Waals surface area contributed by atoms with Gasteiger partial charge in [-0.2, -0.15) is 0 Å². The normalized spacial score (nSPS) is 12.4. The van der Waals surface area contributed by atoms with Gasteiger partial charge in [-0.25, -0.2) is 9.97 Å². The number of aliphatic carboxylic acids is 1. The number of carboxylic acids is 1. The van der Waals surface area contributed by atoms with Crippen LogP contribution in [0, 0.1) is 0 Å². The van der Waals surface area contributed by atoms with Gasteiger partial charge in [0.15, 0.2) is 5.82 Å². The molecule has 0 spiro atoms. The molecule has 3 rings (SSSR count). The van der Waals surface area contributed by atoms with Gasteiger partial charge in [0, 0.05) is 24.5 Å². The van der Waals surface area contributed by atoms with E-state index in [1.54, 1.807) is 18.1 Å². The fourth-order valence-electron chi connectivity index (χ4n) is 2.62. The molecule has 0 saturated heterocycles. The number of likely N-dealkylation sites (N-methyl/N-ethyl adjacent to an activating group) is 1. The molecule has 0 aromatic carbocycles. The molecule has 2 aromatic heterocycles. The van der Waals surface area contributed by atoms with E-state index in [0.717, 1.165) is 30.5 Å². The molecule has 7 heteroatoms. The summed E-state index contributed by atoms with van der Waals surface area (Å²) in [5.74, 6) is 0.395. The number of aromatic nitrogens is 3. The number of halogens is 1. The average Bonchev–Trinajstić information content (AvgIpc) is 2.94. The quantitative estimate of drug-likeness (QED) is 0.928. The number of nitrogens with zero attached hydrogens (tertiary/aromatic N) is 4. The topological polar surface area (TPSA) is 79.2 Å². The summed E-state index contributed by atoms with van der Waals surface area (Å²) < 4.78 is 0.